The zero-order valence-electron chi connectivity index (χ0n) is 14.7. The molecule has 25 heavy (non-hydrogen) atoms. The van der Waals surface area contributed by atoms with Crippen LogP contribution in [0.5, 0.6) is 0 Å². The molecule has 0 saturated carbocycles. The molecule has 0 radical (unpaired) electrons. The maximum absolute atomic E-state index is 13.0. The number of amides is 1. The summed E-state index contributed by atoms with van der Waals surface area (Å²) in [6.45, 7) is 6.25. The lowest BCUT2D eigenvalue weighted by Crippen LogP contribution is -2.36. The van der Waals surface area contributed by atoms with Crippen molar-refractivity contribution < 1.29 is 9.18 Å². The van der Waals surface area contributed by atoms with Gasteiger partial charge < -0.3 is 4.90 Å². The van der Waals surface area contributed by atoms with Crippen LogP contribution in [0.1, 0.15) is 23.1 Å². The summed E-state index contributed by atoms with van der Waals surface area (Å²) in [5.74, 6) is -0.0000193. The highest BCUT2D eigenvalue weighted by molar-refractivity contribution is 5.78. The van der Waals surface area contributed by atoms with Gasteiger partial charge in [-0.1, -0.05) is 42.0 Å². The molecular weight excluding hydrogens is 315 g/mol. The number of benzene rings is 2. The molecule has 1 heterocycles. The van der Waals surface area contributed by atoms with E-state index in [1.54, 1.807) is 0 Å². The first-order chi connectivity index (χ1) is 12.1. The van der Waals surface area contributed by atoms with Gasteiger partial charge in [0.15, 0.2) is 0 Å². The third-order valence-corrected chi connectivity index (χ3v) is 4.74. The van der Waals surface area contributed by atoms with Crippen molar-refractivity contribution in [2.24, 2.45) is 0 Å². The lowest BCUT2D eigenvalue weighted by molar-refractivity contribution is -0.130. The predicted octanol–water partition coefficient (Wildman–Crippen LogP) is 3.41. The van der Waals surface area contributed by atoms with Crippen LogP contribution in [0.2, 0.25) is 0 Å². The topological polar surface area (TPSA) is 23.6 Å². The van der Waals surface area contributed by atoms with Crippen LogP contribution in [-0.4, -0.2) is 41.9 Å². The number of carbonyl (C=O) groups is 1. The van der Waals surface area contributed by atoms with Gasteiger partial charge in [-0.3, -0.25) is 9.69 Å². The van der Waals surface area contributed by atoms with Crippen LogP contribution >= 0.6 is 0 Å². The summed E-state index contributed by atoms with van der Waals surface area (Å²) in [6.07, 6.45) is 1.44. The Balaban J connectivity index is 1.52. The highest BCUT2D eigenvalue weighted by Crippen LogP contribution is 2.12. The number of hydrogen-bond donors (Lipinski definition) is 0. The van der Waals surface area contributed by atoms with Crippen LogP contribution in [-0.2, 0) is 17.8 Å². The molecule has 2 aromatic carbocycles. The second-order valence-electron chi connectivity index (χ2n) is 6.80. The van der Waals surface area contributed by atoms with Crippen LogP contribution in [0.3, 0.4) is 0 Å². The van der Waals surface area contributed by atoms with Gasteiger partial charge >= 0.3 is 0 Å². The zero-order chi connectivity index (χ0) is 17.6. The van der Waals surface area contributed by atoms with Gasteiger partial charge in [0.25, 0.3) is 0 Å². The van der Waals surface area contributed by atoms with Gasteiger partial charge in [-0.25, -0.2) is 4.39 Å². The SMILES string of the molecule is Cc1ccc(CC(=O)N2CCCN(Cc3ccc(F)cc3)CC2)cc1. The molecule has 1 aliphatic heterocycles. The molecule has 1 fully saturated rings. The maximum Gasteiger partial charge on any atom is 0.227 e. The smallest absolute Gasteiger partial charge is 0.227 e. The Labute approximate surface area is 149 Å². The van der Waals surface area contributed by atoms with E-state index in [0.717, 1.165) is 50.3 Å². The van der Waals surface area contributed by atoms with Crippen LogP contribution in [0.25, 0.3) is 0 Å². The molecule has 0 spiro atoms. The summed E-state index contributed by atoms with van der Waals surface area (Å²) in [5.41, 5.74) is 3.39. The third-order valence-electron chi connectivity index (χ3n) is 4.74. The average molecular weight is 340 g/mol. The highest BCUT2D eigenvalue weighted by atomic mass is 19.1. The normalized spacial score (nSPS) is 15.8. The minimum absolute atomic E-state index is 0.201. The van der Waals surface area contributed by atoms with Gasteiger partial charge in [0, 0.05) is 32.7 Å². The Morgan fingerprint density at radius 1 is 0.920 bits per heavy atom. The lowest BCUT2D eigenvalue weighted by atomic mass is 10.1. The molecule has 0 atom stereocenters. The zero-order valence-corrected chi connectivity index (χ0v) is 14.7. The quantitative estimate of drug-likeness (QED) is 0.851. The van der Waals surface area contributed by atoms with E-state index in [0.29, 0.717) is 6.42 Å². The van der Waals surface area contributed by atoms with Gasteiger partial charge in [-0.15, -0.1) is 0 Å². The van der Waals surface area contributed by atoms with Crippen LogP contribution in [0, 0.1) is 12.7 Å². The fraction of sp³-hybridized carbons (Fsp3) is 0.381. The fourth-order valence-electron chi connectivity index (χ4n) is 3.22. The van der Waals surface area contributed by atoms with Gasteiger partial charge in [0.1, 0.15) is 5.82 Å². The maximum atomic E-state index is 13.0. The van der Waals surface area contributed by atoms with E-state index < -0.39 is 0 Å². The van der Waals surface area contributed by atoms with Crippen molar-refractivity contribution in [2.45, 2.75) is 26.3 Å². The van der Waals surface area contributed by atoms with Gasteiger partial charge in [0.05, 0.1) is 6.42 Å². The Bertz CT molecular complexity index is 697. The number of aryl methyl sites for hydroxylation is 1. The predicted molar refractivity (Wildman–Crippen MR) is 97.8 cm³/mol. The van der Waals surface area contributed by atoms with Gasteiger partial charge in [0.2, 0.25) is 5.91 Å². The van der Waals surface area contributed by atoms with Crippen LogP contribution < -0.4 is 0 Å². The Hall–Kier alpha value is -2.20. The highest BCUT2D eigenvalue weighted by Gasteiger charge is 2.19. The van der Waals surface area contributed by atoms with E-state index in [2.05, 4.69) is 24.0 Å². The first-order valence-corrected chi connectivity index (χ1v) is 8.90. The van der Waals surface area contributed by atoms with Crippen molar-refractivity contribution in [3.63, 3.8) is 0 Å². The number of rotatable bonds is 4. The second-order valence-corrected chi connectivity index (χ2v) is 6.80. The molecular formula is C21H25FN2O. The summed E-state index contributed by atoms with van der Waals surface area (Å²) in [4.78, 5) is 16.9. The van der Waals surface area contributed by atoms with Crippen molar-refractivity contribution in [3.05, 3.63) is 71.0 Å². The first kappa shape index (κ1) is 17.6. The molecule has 1 amide bonds. The largest absolute Gasteiger partial charge is 0.341 e. The van der Waals surface area contributed by atoms with Crippen LogP contribution in [0.15, 0.2) is 48.5 Å². The standard InChI is InChI=1S/C21H25FN2O/c1-17-3-5-18(6-4-17)15-21(25)24-12-2-11-23(13-14-24)16-19-7-9-20(22)10-8-19/h3-10H,2,11-16H2,1H3. The molecule has 132 valence electrons. The number of hydrogen-bond acceptors (Lipinski definition) is 2. The van der Waals surface area contributed by atoms with Crippen LogP contribution in [0.4, 0.5) is 4.39 Å². The van der Waals surface area contributed by atoms with Crippen molar-refractivity contribution in [2.75, 3.05) is 26.2 Å². The monoisotopic (exact) mass is 340 g/mol. The van der Waals surface area contributed by atoms with Gasteiger partial charge in [-0.05, 0) is 36.6 Å². The number of nitrogens with zero attached hydrogens (tertiary/aromatic N) is 2. The molecule has 1 saturated heterocycles. The van der Waals surface area contributed by atoms with E-state index in [-0.39, 0.29) is 11.7 Å². The second kappa shape index (κ2) is 8.26. The first-order valence-electron chi connectivity index (χ1n) is 8.90. The molecule has 0 bridgehead atoms. The molecule has 0 aliphatic carbocycles. The van der Waals surface area contributed by atoms with E-state index in [1.165, 1.54) is 17.7 Å². The number of carbonyl (C=O) groups excluding carboxylic acids is 1. The number of halogens is 1. The molecule has 3 nitrogen and oxygen atoms in total. The summed E-state index contributed by atoms with van der Waals surface area (Å²) in [5, 5.41) is 0. The van der Waals surface area contributed by atoms with Crippen molar-refractivity contribution >= 4 is 5.91 Å². The summed E-state index contributed by atoms with van der Waals surface area (Å²) < 4.78 is 13.0. The van der Waals surface area contributed by atoms with Crippen molar-refractivity contribution in [3.8, 4) is 0 Å². The van der Waals surface area contributed by atoms with E-state index in [1.807, 2.05) is 29.2 Å². The van der Waals surface area contributed by atoms with E-state index >= 15 is 0 Å². The van der Waals surface area contributed by atoms with E-state index in [9.17, 15) is 9.18 Å². The summed E-state index contributed by atoms with van der Waals surface area (Å²) in [7, 11) is 0. The minimum atomic E-state index is -0.201. The Kier molecular flexibility index (Phi) is 5.82. The Morgan fingerprint density at radius 2 is 1.60 bits per heavy atom. The lowest BCUT2D eigenvalue weighted by Gasteiger charge is -2.22. The molecule has 0 unspecified atom stereocenters. The molecule has 0 N–H and O–H groups in total. The third kappa shape index (κ3) is 5.13. The molecule has 4 heteroatoms. The molecule has 1 aliphatic rings. The Morgan fingerprint density at radius 3 is 2.32 bits per heavy atom. The van der Waals surface area contributed by atoms with E-state index in [4.69, 9.17) is 0 Å². The molecule has 3 rings (SSSR count). The minimum Gasteiger partial charge on any atom is -0.341 e. The summed E-state index contributed by atoms with van der Waals surface area (Å²) >= 11 is 0. The van der Waals surface area contributed by atoms with Crippen molar-refractivity contribution in [1.29, 1.82) is 0 Å². The molecule has 2 aromatic rings. The summed E-state index contributed by atoms with van der Waals surface area (Å²) in [6, 6.07) is 14.8. The van der Waals surface area contributed by atoms with Gasteiger partial charge in [-0.2, -0.15) is 0 Å². The molecule has 0 aromatic heterocycles. The fourth-order valence-corrected chi connectivity index (χ4v) is 3.22. The van der Waals surface area contributed by atoms with Crippen molar-refractivity contribution in [1.82, 2.24) is 9.80 Å². The average Bonchev–Trinajstić information content (AvgIpc) is 2.85.